The van der Waals surface area contributed by atoms with Gasteiger partial charge in [-0.2, -0.15) is 11.3 Å². The summed E-state index contributed by atoms with van der Waals surface area (Å²) >= 11 is 1.81. The summed E-state index contributed by atoms with van der Waals surface area (Å²) < 4.78 is 0. The smallest absolute Gasteiger partial charge is 0.0250 e. The third-order valence-corrected chi connectivity index (χ3v) is 5.03. The molecule has 3 heteroatoms. The molecule has 2 rings (SSSR count). The number of nitrogens with one attached hydrogen (secondary N) is 1. The number of hydrogen-bond acceptors (Lipinski definition) is 3. The van der Waals surface area contributed by atoms with Gasteiger partial charge in [0.05, 0.1) is 0 Å². The standard InChI is InChI=1S/C15H26N2S/c1-4-12(3)15-8-16-14(5-2)10-17(15)9-13-6-7-18-11-13/h6-7,11-12,14-16H,4-5,8-10H2,1-3H3. The molecule has 1 saturated heterocycles. The second-order valence-electron chi connectivity index (χ2n) is 5.53. The molecule has 102 valence electrons. The highest BCUT2D eigenvalue weighted by molar-refractivity contribution is 7.07. The van der Waals surface area contributed by atoms with E-state index in [1.165, 1.54) is 24.9 Å². The van der Waals surface area contributed by atoms with Gasteiger partial charge in [0, 0.05) is 31.7 Å². The minimum atomic E-state index is 0.670. The first-order valence-corrected chi connectivity index (χ1v) is 8.17. The molecule has 0 saturated carbocycles. The zero-order valence-corrected chi connectivity index (χ0v) is 12.7. The number of rotatable bonds is 5. The molecule has 2 nitrogen and oxygen atoms in total. The predicted molar refractivity (Wildman–Crippen MR) is 80.1 cm³/mol. The van der Waals surface area contributed by atoms with Crippen LogP contribution in [0.15, 0.2) is 16.8 Å². The van der Waals surface area contributed by atoms with E-state index in [1.54, 1.807) is 0 Å². The molecule has 1 aliphatic rings. The maximum absolute atomic E-state index is 3.70. The van der Waals surface area contributed by atoms with Crippen molar-refractivity contribution in [2.24, 2.45) is 5.92 Å². The van der Waals surface area contributed by atoms with Gasteiger partial charge in [0.2, 0.25) is 0 Å². The number of hydrogen-bond donors (Lipinski definition) is 1. The topological polar surface area (TPSA) is 15.3 Å². The molecule has 1 aromatic heterocycles. The van der Waals surface area contributed by atoms with Gasteiger partial charge in [0.25, 0.3) is 0 Å². The second-order valence-corrected chi connectivity index (χ2v) is 6.31. The molecule has 1 aliphatic heterocycles. The first-order chi connectivity index (χ1) is 8.74. The van der Waals surface area contributed by atoms with E-state index in [2.05, 4.69) is 47.8 Å². The van der Waals surface area contributed by atoms with Crippen LogP contribution in [-0.2, 0) is 6.54 Å². The van der Waals surface area contributed by atoms with Crippen LogP contribution in [-0.4, -0.2) is 30.1 Å². The van der Waals surface area contributed by atoms with Gasteiger partial charge >= 0.3 is 0 Å². The molecule has 1 N–H and O–H groups in total. The van der Waals surface area contributed by atoms with Gasteiger partial charge in [0.1, 0.15) is 0 Å². The van der Waals surface area contributed by atoms with Gasteiger partial charge in [-0.25, -0.2) is 0 Å². The maximum atomic E-state index is 3.70. The Bertz CT molecular complexity index is 336. The van der Waals surface area contributed by atoms with Crippen LogP contribution in [0.1, 0.15) is 39.2 Å². The van der Waals surface area contributed by atoms with Crippen LogP contribution >= 0.6 is 11.3 Å². The first-order valence-electron chi connectivity index (χ1n) is 7.23. The molecule has 18 heavy (non-hydrogen) atoms. The van der Waals surface area contributed by atoms with E-state index in [0.717, 1.165) is 19.0 Å². The van der Waals surface area contributed by atoms with E-state index in [-0.39, 0.29) is 0 Å². The monoisotopic (exact) mass is 266 g/mol. The van der Waals surface area contributed by atoms with Crippen LogP contribution in [0.4, 0.5) is 0 Å². The van der Waals surface area contributed by atoms with Crippen molar-refractivity contribution >= 4 is 11.3 Å². The lowest BCUT2D eigenvalue weighted by Crippen LogP contribution is -2.57. The molecule has 0 spiro atoms. The molecule has 2 heterocycles. The minimum Gasteiger partial charge on any atom is -0.311 e. The van der Waals surface area contributed by atoms with Gasteiger partial charge < -0.3 is 5.32 Å². The fraction of sp³-hybridized carbons (Fsp3) is 0.733. The van der Waals surface area contributed by atoms with Crippen LogP contribution in [0.25, 0.3) is 0 Å². The molecule has 0 radical (unpaired) electrons. The summed E-state index contributed by atoms with van der Waals surface area (Å²) in [6, 6.07) is 3.63. The zero-order chi connectivity index (χ0) is 13.0. The lowest BCUT2D eigenvalue weighted by Gasteiger charge is -2.43. The highest BCUT2D eigenvalue weighted by Gasteiger charge is 2.29. The predicted octanol–water partition coefficient (Wildman–Crippen LogP) is 3.35. The van der Waals surface area contributed by atoms with Gasteiger partial charge in [0.15, 0.2) is 0 Å². The molecule has 0 bridgehead atoms. The van der Waals surface area contributed by atoms with Crippen LogP contribution in [0, 0.1) is 5.92 Å². The molecule has 1 aromatic rings. The molecule has 0 aliphatic carbocycles. The fourth-order valence-corrected chi connectivity index (χ4v) is 3.46. The van der Waals surface area contributed by atoms with Crippen molar-refractivity contribution in [3.8, 4) is 0 Å². The minimum absolute atomic E-state index is 0.670. The molecule has 3 unspecified atom stereocenters. The van der Waals surface area contributed by atoms with Gasteiger partial charge in [-0.3, -0.25) is 4.90 Å². The Morgan fingerprint density at radius 3 is 2.94 bits per heavy atom. The molecule has 0 amide bonds. The van der Waals surface area contributed by atoms with Gasteiger partial charge in [-0.1, -0.05) is 27.2 Å². The average Bonchev–Trinajstić information content (AvgIpc) is 2.90. The van der Waals surface area contributed by atoms with Crippen molar-refractivity contribution in [3.05, 3.63) is 22.4 Å². The summed E-state index contributed by atoms with van der Waals surface area (Å²) in [5, 5.41) is 8.18. The Morgan fingerprint density at radius 1 is 1.50 bits per heavy atom. The van der Waals surface area contributed by atoms with Crippen LogP contribution in [0.3, 0.4) is 0 Å². The third kappa shape index (κ3) is 3.34. The van der Waals surface area contributed by atoms with Crippen molar-refractivity contribution in [3.63, 3.8) is 0 Å². The maximum Gasteiger partial charge on any atom is 0.0250 e. The largest absolute Gasteiger partial charge is 0.311 e. The summed E-state index contributed by atoms with van der Waals surface area (Å²) in [4.78, 5) is 2.70. The molecule has 3 atom stereocenters. The van der Waals surface area contributed by atoms with Crippen molar-refractivity contribution in [1.82, 2.24) is 10.2 Å². The highest BCUT2D eigenvalue weighted by Crippen LogP contribution is 2.22. The van der Waals surface area contributed by atoms with Crippen LogP contribution in [0.5, 0.6) is 0 Å². The molecule has 1 fully saturated rings. The Morgan fingerprint density at radius 2 is 2.33 bits per heavy atom. The van der Waals surface area contributed by atoms with Crippen LogP contribution < -0.4 is 5.32 Å². The quantitative estimate of drug-likeness (QED) is 0.879. The summed E-state index contributed by atoms with van der Waals surface area (Å²) in [5.41, 5.74) is 1.48. The third-order valence-electron chi connectivity index (χ3n) is 4.30. The molecular formula is C15H26N2S. The summed E-state index contributed by atoms with van der Waals surface area (Å²) in [5.74, 6) is 0.772. The van der Waals surface area contributed by atoms with Gasteiger partial charge in [-0.15, -0.1) is 0 Å². The van der Waals surface area contributed by atoms with E-state index < -0.39 is 0 Å². The van der Waals surface area contributed by atoms with E-state index in [9.17, 15) is 0 Å². The highest BCUT2D eigenvalue weighted by atomic mass is 32.1. The molecule has 0 aromatic carbocycles. The normalized spacial score (nSPS) is 27.3. The molecular weight excluding hydrogens is 240 g/mol. The summed E-state index contributed by atoms with van der Waals surface area (Å²) in [6.45, 7) is 10.4. The lowest BCUT2D eigenvalue weighted by molar-refractivity contribution is 0.0834. The van der Waals surface area contributed by atoms with E-state index in [0.29, 0.717) is 12.1 Å². The first kappa shape index (κ1) is 14.0. The Balaban J connectivity index is 2.03. The zero-order valence-electron chi connectivity index (χ0n) is 11.9. The lowest BCUT2D eigenvalue weighted by atomic mass is 9.93. The van der Waals surface area contributed by atoms with Crippen molar-refractivity contribution < 1.29 is 0 Å². The fourth-order valence-electron chi connectivity index (χ4n) is 2.81. The Kier molecular flexibility index (Phi) is 5.22. The Labute approximate surface area is 115 Å². The van der Waals surface area contributed by atoms with Gasteiger partial charge in [-0.05, 0) is 34.7 Å². The van der Waals surface area contributed by atoms with E-state index in [4.69, 9.17) is 0 Å². The summed E-state index contributed by atoms with van der Waals surface area (Å²) in [6.07, 6.45) is 2.50. The number of nitrogens with zero attached hydrogens (tertiary/aromatic N) is 1. The second kappa shape index (κ2) is 6.69. The number of thiophene rings is 1. The number of piperazine rings is 1. The van der Waals surface area contributed by atoms with E-state index >= 15 is 0 Å². The average molecular weight is 266 g/mol. The van der Waals surface area contributed by atoms with Crippen molar-refractivity contribution in [2.75, 3.05) is 13.1 Å². The Hall–Kier alpha value is -0.380. The summed E-state index contributed by atoms with van der Waals surface area (Å²) in [7, 11) is 0. The van der Waals surface area contributed by atoms with Crippen molar-refractivity contribution in [2.45, 2.75) is 52.2 Å². The van der Waals surface area contributed by atoms with E-state index in [1.807, 2.05) is 11.3 Å². The SMILES string of the molecule is CCC1CN(Cc2ccsc2)C(C(C)CC)CN1. The van der Waals surface area contributed by atoms with Crippen LogP contribution in [0.2, 0.25) is 0 Å². The van der Waals surface area contributed by atoms with Crippen molar-refractivity contribution in [1.29, 1.82) is 0 Å².